The van der Waals surface area contributed by atoms with Crippen LogP contribution in [0.15, 0.2) is 53.0 Å². The molecule has 0 heterocycles. The first-order chi connectivity index (χ1) is 11.5. The Labute approximate surface area is 161 Å². The van der Waals surface area contributed by atoms with Crippen LogP contribution in [0.25, 0.3) is 0 Å². The number of ether oxygens (including phenoxy) is 1. The van der Waals surface area contributed by atoms with Gasteiger partial charge in [0.2, 0.25) is 5.91 Å². The van der Waals surface area contributed by atoms with E-state index in [4.69, 9.17) is 10.5 Å². The molecule has 7 heteroatoms. The summed E-state index contributed by atoms with van der Waals surface area (Å²) in [6.45, 7) is 0.243. The molecule has 3 N–H and O–H groups in total. The van der Waals surface area contributed by atoms with E-state index in [0.29, 0.717) is 10.0 Å². The molecule has 1 amide bonds. The smallest absolute Gasteiger partial charge is 0.223 e. The van der Waals surface area contributed by atoms with Gasteiger partial charge in [-0.25, -0.2) is 4.39 Å². The van der Waals surface area contributed by atoms with Crippen LogP contribution in [0.2, 0.25) is 0 Å². The van der Waals surface area contributed by atoms with Gasteiger partial charge >= 0.3 is 0 Å². The summed E-state index contributed by atoms with van der Waals surface area (Å²) in [4.78, 5) is 12.3. The average Bonchev–Trinajstić information content (AvgIpc) is 2.59. The van der Waals surface area contributed by atoms with E-state index in [-0.39, 0.29) is 43.2 Å². The van der Waals surface area contributed by atoms with Crippen LogP contribution in [-0.2, 0) is 9.53 Å². The number of benzene rings is 2. The lowest BCUT2D eigenvalue weighted by Gasteiger charge is -2.22. The number of hydrogen-bond acceptors (Lipinski definition) is 3. The summed E-state index contributed by atoms with van der Waals surface area (Å²) in [5.74, 6) is -0.635. The summed E-state index contributed by atoms with van der Waals surface area (Å²) in [5, 5.41) is 2.88. The number of hydrogen-bond donors (Lipinski definition) is 2. The standard InChI is InChI=1S/C18H20BrFN2O2.ClH/c1-24-14(11-21)10-17(23)22-18(12-5-3-2-4-6-12)15-8-7-13(19)9-16(15)20;/h2-9,14,18H,10-11,21H2,1H3,(H,22,23);1H. The van der Waals surface area contributed by atoms with Crippen molar-refractivity contribution in [1.82, 2.24) is 5.32 Å². The number of methoxy groups -OCH3 is 1. The van der Waals surface area contributed by atoms with Crippen molar-refractivity contribution in [2.45, 2.75) is 18.6 Å². The first kappa shape index (κ1) is 21.6. The third-order valence-electron chi connectivity index (χ3n) is 3.72. The number of halogens is 3. The SMILES string of the molecule is COC(CN)CC(=O)NC(c1ccccc1)c1ccc(Br)cc1F.Cl. The maximum absolute atomic E-state index is 14.4. The fraction of sp³-hybridized carbons (Fsp3) is 0.278. The van der Waals surface area contributed by atoms with E-state index in [1.807, 2.05) is 30.3 Å². The van der Waals surface area contributed by atoms with Crippen molar-refractivity contribution in [3.8, 4) is 0 Å². The zero-order chi connectivity index (χ0) is 17.5. The van der Waals surface area contributed by atoms with Gasteiger partial charge in [-0.15, -0.1) is 12.4 Å². The van der Waals surface area contributed by atoms with Gasteiger partial charge in [-0.3, -0.25) is 4.79 Å². The van der Waals surface area contributed by atoms with Crippen molar-refractivity contribution < 1.29 is 13.9 Å². The van der Waals surface area contributed by atoms with Gasteiger partial charge in [-0.2, -0.15) is 0 Å². The molecule has 2 rings (SSSR count). The lowest BCUT2D eigenvalue weighted by molar-refractivity contribution is -0.123. The summed E-state index contributed by atoms with van der Waals surface area (Å²) in [6, 6.07) is 13.5. The van der Waals surface area contributed by atoms with E-state index in [1.54, 1.807) is 12.1 Å². The number of nitrogens with two attached hydrogens (primary N) is 1. The van der Waals surface area contributed by atoms with E-state index < -0.39 is 6.04 Å². The fourth-order valence-corrected chi connectivity index (χ4v) is 2.74. The molecular weight excluding hydrogens is 411 g/mol. The Hall–Kier alpha value is -1.47. The van der Waals surface area contributed by atoms with Crippen molar-refractivity contribution in [3.63, 3.8) is 0 Å². The summed E-state index contributed by atoms with van der Waals surface area (Å²) in [5.41, 5.74) is 6.76. The van der Waals surface area contributed by atoms with Gasteiger partial charge in [-0.05, 0) is 17.7 Å². The van der Waals surface area contributed by atoms with Crippen molar-refractivity contribution >= 4 is 34.2 Å². The normalized spacial score (nSPS) is 12.8. The Morgan fingerprint density at radius 3 is 2.52 bits per heavy atom. The second kappa shape index (κ2) is 10.5. The number of amides is 1. The number of nitrogens with one attached hydrogen (secondary N) is 1. The molecule has 136 valence electrons. The highest BCUT2D eigenvalue weighted by Crippen LogP contribution is 2.26. The van der Waals surface area contributed by atoms with Crippen LogP contribution in [0.5, 0.6) is 0 Å². The fourth-order valence-electron chi connectivity index (χ4n) is 2.41. The Balaban J connectivity index is 0.00000312. The summed E-state index contributed by atoms with van der Waals surface area (Å²) in [6.07, 6.45) is -0.245. The van der Waals surface area contributed by atoms with Crippen LogP contribution in [0, 0.1) is 5.82 Å². The summed E-state index contributed by atoms with van der Waals surface area (Å²) >= 11 is 3.25. The summed E-state index contributed by atoms with van der Waals surface area (Å²) in [7, 11) is 1.51. The predicted octanol–water partition coefficient (Wildman–Crippen LogP) is 3.58. The third kappa shape index (κ3) is 6.08. The molecule has 0 aliphatic rings. The summed E-state index contributed by atoms with van der Waals surface area (Å²) < 4.78 is 20.2. The van der Waals surface area contributed by atoms with Crippen molar-refractivity contribution in [2.75, 3.05) is 13.7 Å². The van der Waals surface area contributed by atoms with Crippen LogP contribution in [0.4, 0.5) is 4.39 Å². The molecule has 2 atom stereocenters. The first-order valence-electron chi connectivity index (χ1n) is 7.57. The van der Waals surface area contributed by atoms with Crippen molar-refractivity contribution in [1.29, 1.82) is 0 Å². The second-order valence-corrected chi connectivity index (χ2v) is 6.29. The minimum Gasteiger partial charge on any atom is -0.380 e. The highest BCUT2D eigenvalue weighted by atomic mass is 79.9. The molecule has 2 aromatic carbocycles. The lowest BCUT2D eigenvalue weighted by Crippen LogP contribution is -2.35. The van der Waals surface area contributed by atoms with Crippen LogP contribution in [0.1, 0.15) is 23.6 Å². The van der Waals surface area contributed by atoms with Crippen LogP contribution in [-0.4, -0.2) is 25.7 Å². The van der Waals surface area contributed by atoms with E-state index in [0.717, 1.165) is 5.56 Å². The molecule has 2 aromatic rings. The molecule has 0 aromatic heterocycles. The molecule has 25 heavy (non-hydrogen) atoms. The molecule has 0 saturated heterocycles. The van der Waals surface area contributed by atoms with Gasteiger partial charge < -0.3 is 15.8 Å². The number of carbonyl (C=O) groups excluding carboxylic acids is 1. The zero-order valence-electron chi connectivity index (χ0n) is 13.7. The van der Waals surface area contributed by atoms with E-state index in [1.165, 1.54) is 13.2 Å². The predicted molar refractivity (Wildman–Crippen MR) is 102 cm³/mol. The molecule has 0 bridgehead atoms. The van der Waals surface area contributed by atoms with Crippen molar-refractivity contribution in [2.24, 2.45) is 5.73 Å². The highest BCUT2D eigenvalue weighted by molar-refractivity contribution is 9.10. The Morgan fingerprint density at radius 1 is 1.28 bits per heavy atom. The van der Waals surface area contributed by atoms with Gasteiger partial charge in [-0.1, -0.05) is 52.3 Å². The largest absolute Gasteiger partial charge is 0.380 e. The zero-order valence-corrected chi connectivity index (χ0v) is 16.1. The average molecular weight is 432 g/mol. The molecule has 0 saturated carbocycles. The van der Waals surface area contributed by atoms with Crippen molar-refractivity contribution in [3.05, 3.63) is 69.9 Å². The Morgan fingerprint density at radius 2 is 1.96 bits per heavy atom. The maximum Gasteiger partial charge on any atom is 0.223 e. The minimum absolute atomic E-state index is 0. The van der Waals surface area contributed by atoms with E-state index >= 15 is 0 Å². The third-order valence-corrected chi connectivity index (χ3v) is 4.21. The van der Waals surface area contributed by atoms with Gasteiger partial charge in [0, 0.05) is 23.7 Å². The lowest BCUT2D eigenvalue weighted by atomic mass is 9.98. The minimum atomic E-state index is -0.581. The number of rotatable bonds is 7. The Bertz CT molecular complexity index is 684. The van der Waals surface area contributed by atoms with Crippen LogP contribution < -0.4 is 11.1 Å². The maximum atomic E-state index is 14.4. The topological polar surface area (TPSA) is 64.3 Å². The highest BCUT2D eigenvalue weighted by Gasteiger charge is 2.21. The Kier molecular flexibility index (Phi) is 9.06. The van der Waals surface area contributed by atoms with Crippen LogP contribution in [0.3, 0.4) is 0 Å². The molecule has 0 aliphatic carbocycles. The van der Waals surface area contributed by atoms with Crippen LogP contribution >= 0.6 is 28.3 Å². The van der Waals surface area contributed by atoms with Gasteiger partial charge in [0.1, 0.15) is 5.82 Å². The molecule has 0 fully saturated rings. The molecule has 0 spiro atoms. The monoisotopic (exact) mass is 430 g/mol. The van der Waals surface area contributed by atoms with E-state index in [9.17, 15) is 9.18 Å². The number of carbonyl (C=O) groups is 1. The van der Waals surface area contributed by atoms with Gasteiger partial charge in [0.05, 0.1) is 18.6 Å². The molecular formula is C18H21BrClFN2O2. The molecule has 0 aliphatic heterocycles. The first-order valence-corrected chi connectivity index (χ1v) is 8.36. The molecule has 2 unspecified atom stereocenters. The molecule has 4 nitrogen and oxygen atoms in total. The quantitative estimate of drug-likeness (QED) is 0.704. The second-order valence-electron chi connectivity index (χ2n) is 5.37. The van der Waals surface area contributed by atoms with Gasteiger partial charge in [0.15, 0.2) is 0 Å². The van der Waals surface area contributed by atoms with E-state index in [2.05, 4.69) is 21.2 Å². The van der Waals surface area contributed by atoms with Gasteiger partial charge in [0.25, 0.3) is 0 Å². The molecule has 0 radical (unpaired) electrons.